The number of nitrogens with zero attached hydrogens (tertiary/aromatic N) is 1. The lowest BCUT2D eigenvalue weighted by Gasteiger charge is -2.27. The molecule has 1 aromatic carbocycles. The van der Waals surface area contributed by atoms with Gasteiger partial charge in [-0.05, 0) is 36.8 Å². The van der Waals surface area contributed by atoms with Crippen molar-refractivity contribution in [2.75, 3.05) is 11.9 Å². The number of rotatable bonds is 5. The monoisotopic (exact) mass is 292 g/mol. The number of carboxylic acid groups (broad SMARTS) is 1. The SMILES string of the molecule is CC1CCCC(CNc2cccc(C(=O)O)c2[N+](=O)[O-])C1. The van der Waals surface area contributed by atoms with E-state index >= 15 is 0 Å². The third-order valence-corrected chi connectivity index (χ3v) is 4.08. The molecule has 0 radical (unpaired) electrons. The van der Waals surface area contributed by atoms with Crippen LogP contribution in [0.2, 0.25) is 0 Å². The zero-order valence-electron chi connectivity index (χ0n) is 12.0. The van der Waals surface area contributed by atoms with Crippen LogP contribution in [0, 0.1) is 22.0 Å². The van der Waals surface area contributed by atoms with Crippen molar-refractivity contribution in [3.63, 3.8) is 0 Å². The van der Waals surface area contributed by atoms with E-state index in [0.717, 1.165) is 12.8 Å². The van der Waals surface area contributed by atoms with Crippen LogP contribution in [0.15, 0.2) is 18.2 Å². The van der Waals surface area contributed by atoms with E-state index in [4.69, 9.17) is 5.11 Å². The summed E-state index contributed by atoms with van der Waals surface area (Å²) in [6.07, 6.45) is 4.65. The molecule has 2 atom stereocenters. The molecule has 0 amide bonds. The van der Waals surface area contributed by atoms with E-state index in [9.17, 15) is 14.9 Å². The number of carboxylic acids is 1. The number of nitrogens with one attached hydrogen (secondary N) is 1. The lowest BCUT2D eigenvalue weighted by molar-refractivity contribution is -0.384. The third kappa shape index (κ3) is 3.71. The summed E-state index contributed by atoms with van der Waals surface area (Å²) in [7, 11) is 0. The van der Waals surface area contributed by atoms with E-state index < -0.39 is 10.9 Å². The molecule has 114 valence electrons. The number of nitro groups is 1. The summed E-state index contributed by atoms with van der Waals surface area (Å²) in [4.78, 5) is 21.6. The molecule has 6 heteroatoms. The molecule has 0 spiro atoms. The molecule has 6 nitrogen and oxygen atoms in total. The largest absolute Gasteiger partial charge is 0.477 e. The first kappa shape index (κ1) is 15.3. The van der Waals surface area contributed by atoms with Crippen molar-refractivity contribution in [2.45, 2.75) is 32.6 Å². The standard InChI is InChI=1S/C15H20N2O4/c1-10-4-2-5-11(8-10)9-16-13-7-3-6-12(15(18)19)14(13)17(20)21/h3,6-7,10-11,16H,2,4-5,8-9H2,1H3,(H,18,19). The summed E-state index contributed by atoms with van der Waals surface area (Å²) in [5.41, 5.74) is -0.339. The second-order valence-electron chi connectivity index (χ2n) is 5.78. The van der Waals surface area contributed by atoms with Crippen LogP contribution in [0.4, 0.5) is 11.4 Å². The fourth-order valence-electron chi connectivity index (χ4n) is 3.05. The number of para-hydroxylation sites is 1. The van der Waals surface area contributed by atoms with Gasteiger partial charge in [0.15, 0.2) is 0 Å². The quantitative estimate of drug-likeness (QED) is 0.639. The summed E-state index contributed by atoms with van der Waals surface area (Å²) in [6.45, 7) is 2.87. The normalized spacial score (nSPS) is 21.8. The summed E-state index contributed by atoms with van der Waals surface area (Å²) >= 11 is 0. The van der Waals surface area contributed by atoms with Crippen molar-refractivity contribution in [3.05, 3.63) is 33.9 Å². The number of hydrogen-bond donors (Lipinski definition) is 2. The fourth-order valence-corrected chi connectivity index (χ4v) is 3.05. The molecule has 1 aromatic rings. The maximum absolute atomic E-state index is 11.2. The smallest absolute Gasteiger partial charge is 0.342 e. The number of hydrogen-bond acceptors (Lipinski definition) is 4. The van der Waals surface area contributed by atoms with E-state index in [-0.39, 0.29) is 16.9 Å². The number of nitro benzene ring substituents is 1. The van der Waals surface area contributed by atoms with Gasteiger partial charge in [0.25, 0.3) is 0 Å². The maximum atomic E-state index is 11.2. The highest BCUT2D eigenvalue weighted by molar-refractivity contribution is 5.95. The molecular weight excluding hydrogens is 272 g/mol. The first-order valence-corrected chi connectivity index (χ1v) is 7.23. The Hall–Kier alpha value is -2.11. The Morgan fingerprint density at radius 2 is 2.24 bits per heavy atom. The Morgan fingerprint density at radius 3 is 2.86 bits per heavy atom. The van der Waals surface area contributed by atoms with Crippen LogP contribution < -0.4 is 5.32 Å². The van der Waals surface area contributed by atoms with Gasteiger partial charge in [0, 0.05) is 6.54 Å². The summed E-state index contributed by atoms with van der Waals surface area (Å²) in [5.74, 6) is -0.107. The lowest BCUT2D eigenvalue weighted by Crippen LogP contribution is -2.21. The van der Waals surface area contributed by atoms with Crippen LogP contribution in [0.25, 0.3) is 0 Å². The molecule has 0 saturated heterocycles. The predicted octanol–water partition coefficient (Wildman–Crippen LogP) is 3.53. The molecule has 1 aliphatic rings. The Balaban J connectivity index is 2.14. The Labute approximate surface area is 123 Å². The van der Waals surface area contributed by atoms with Gasteiger partial charge in [-0.2, -0.15) is 0 Å². The van der Waals surface area contributed by atoms with Gasteiger partial charge in [-0.1, -0.05) is 25.8 Å². The van der Waals surface area contributed by atoms with Crippen LogP contribution in [-0.4, -0.2) is 22.5 Å². The van der Waals surface area contributed by atoms with Gasteiger partial charge in [-0.25, -0.2) is 4.79 Å². The molecule has 21 heavy (non-hydrogen) atoms. The van der Waals surface area contributed by atoms with E-state index in [1.54, 1.807) is 6.07 Å². The number of benzene rings is 1. The number of anilines is 1. The molecular formula is C15H20N2O4. The number of carbonyl (C=O) groups is 1. The van der Waals surface area contributed by atoms with Crippen LogP contribution in [0.5, 0.6) is 0 Å². The minimum absolute atomic E-state index is 0.276. The van der Waals surface area contributed by atoms with E-state index in [1.807, 2.05) is 0 Å². The zero-order valence-corrected chi connectivity index (χ0v) is 12.0. The van der Waals surface area contributed by atoms with Crippen LogP contribution in [-0.2, 0) is 0 Å². The molecule has 2 unspecified atom stereocenters. The average molecular weight is 292 g/mol. The van der Waals surface area contributed by atoms with Gasteiger partial charge < -0.3 is 10.4 Å². The van der Waals surface area contributed by atoms with Crippen LogP contribution in [0.3, 0.4) is 0 Å². The van der Waals surface area contributed by atoms with Crippen molar-refractivity contribution < 1.29 is 14.8 Å². The van der Waals surface area contributed by atoms with Gasteiger partial charge in [-0.3, -0.25) is 10.1 Å². The number of aromatic carboxylic acids is 1. The highest BCUT2D eigenvalue weighted by Gasteiger charge is 2.25. The van der Waals surface area contributed by atoms with Crippen molar-refractivity contribution in [1.29, 1.82) is 0 Å². The van der Waals surface area contributed by atoms with Gasteiger partial charge in [0.2, 0.25) is 0 Å². The van der Waals surface area contributed by atoms with Crippen molar-refractivity contribution in [2.24, 2.45) is 11.8 Å². The average Bonchev–Trinajstić information content (AvgIpc) is 2.44. The summed E-state index contributed by atoms with van der Waals surface area (Å²) in [6, 6.07) is 4.35. The second kappa shape index (κ2) is 6.56. The van der Waals surface area contributed by atoms with E-state index in [0.29, 0.717) is 18.4 Å². The van der Waals surface area contributed by atoms with Gasteiger partial charge in [0.1, 0.15) is 11.3 Å². The Kier molecular flexibility index (Phi) is 4.77. The summed E-state index contributed by atoms with van der Waals surface area (Å²) in [5, 5.41) is 23.3. The van der Waals surface area contributed by atoms with E-state index in [1.165, 1.54) is 25.0 Å². The minimum Gasteiger partial charge on any atom is -0.477 e. The second-order valence-corrected chi connectivity index (χ2v) is 5.78. The maximum Gasteiger partial charge on any atom is 0.342 e. The molecule has 1 saturated carbocycles. The Bertz CT molecular complexity index is 544. The van der Waals surface area contributed by atoms with Crippen molar-refractivity contribution in [3.8, 4) is 0 Å². The fraction of sp³-hybridized carbons (Fsp3) is 0.533. The Morgan fingerprint density at radius 1 is 1.48 bits per heavy atom. The molecule has 0 aliphatic heterocycles. The molecule has 0 heterocycles. The van der Waals surface area contributed by atoms with Gasteiger partial charge >= 0.3 is 11.7 Å². The van der Waals surface area contributed by atoms with E-state index in [2.05, 4.69) is 12.2 Å². The highest BCUT2D eigenvalue weighted by atomic mass is 16.6. The molecule has 0 bridgehead atoms. The topological polar surface area (TPSA) is 92.5 Å². The molecule has 0 aromatic heterocycles. The van der Waals surface area contributed by atoms with Crippen LogP contribution in [0.1, 0.15) is 43.0 Å². The van der Waals surface area contributed by atoms with Crippen LogP contribution >= 0.6 is 0 Å². The third-order valence-electron chi connectivity index (χ3n) is 4.08. The lowest BCUT2D eigenvalue weighted by atomic mass is 9.82. The highest BCUT2D eigenvalue weighted by Crippen LogP contribution is 2.32. The molecule has 2 N–H and O–H groups in total. The van der Waals surface area contributed by atoms with Gasteiger partial charge in [-0.15, -0.1) is 0 Å². The summed E-state index contributed by atoms with van der Waals surface area (Å²) < 4.78 is 0. The zero-order chi connectivity index (χ0) is 15.4. The minimum atomic E-state index is -1.28. The molecule has 1 aliphatic carbocycles. The molecule has 2 rings (SSSR count). The molecule has 1 fully saturated rings. The van der Waals surface area contributed by atoms with Crippen molar-refractivity contribution in [1.82, 2.24) is 0 Å². The predicted molar refractivity (Wildman–Crippen MR) is 79.7 cm³/mol. The van der Waals surface area contributed by atoms with Gasteiger partial charge in [0.05, 0.1) is 4.92 Å². The first-order valence-electron chi connectivity index (χ1n) is 7.23. The van der Waals surface area contributed by atoms with Crippen molar-refractivity contribution >= 4 is 17.3 Å². The first-order chi connectivity index (χ1) is 9.99.